The molecular formula is C27H32F4N4O7. The smallest absolute Gasteiger partial charge is 0.397 e. The van der Waals surface area contributed by atoms with E-state index in [4.69, 9.17) is 19.0 Å². The van der Waals surface area contributed by atoms with Crippen molar-refractivity contribution in [3.8, 4) is 5.75 Å². The Balaban J connectivity index is 2.30. The predicted molar refractivity (Wildman–Crippen MR) is 145 cm³/mol. The number of amides is 1. The molecule has 1 aliphatic heterocycles. The Labute approximate surface area is 238 Å². The molecule has 2 heterocycles. The van der Waals surface area contributed by atoms with Crippen molar-refractivity contribution in [2.75, 3.05) is 32.4 Å². The number of halogens is 4. The lowest BCUT2D eigenvalue weighted by molar-refractivity contribution is -0.152. The van der Waals surface area contributed by atoms with Crippen LogP contribution in [0.3, 0.4) is 0 Å². The van der Waals surface area contributed by atoms with E-state index in [-0.39, 0.29) is 44.1 Å². The highest BCUT2D eigenvalue weighted by Gasteiger charge is 2.34. The van der Waals surface area contributed by atoms with Crippen molar-refractivity contribution < 1.29 is 41.4 Å². The molecule has 42 heavy (non-hydrogen) atoms. The molecule has 0 radical (unpaired) electrons. The van der Waals surface area contributed by atoms with Crippen molar-refractivity contribution in [1.29, 1.82) is 0 Å². The minimum atomic E-state index is -4.90. The molecule has 1 aromatic carbocycles. The number of benzene rings is 1. The highest BCUT2D eigenvalue weighted by atomic mass is 19.4. The summed E-state index contributed by atoms with van der Waals surface area (Å²) in [6.45, 7) is 5.52. The van der Waals surface area contributed by atoms with Gasteiger partial charge in [-0.05, 0) is 39.0 Å². The summed E-state index contributed by atoms with van der Waals surface area (Å²) in [6, 6.07) is 3.63. The molecule has 11 nitrogen and oxygen atoms in total. The van der Waals surface area contributed by atoms with E-state index in [2.05, 4.69) is 5.16 Å². The van der Waals surface area contributed by atoms with E-state index in [1.54, 1.807) is 13.8 Å². The number of nitrogens with zero attached hydrogens (tertiary/aromatic N) is 4. The molecule has 0 saturated carbocycles. The van der Waals surface area contributed by atoms with Gasteiger partial charge in [0.2, 0.25) is 5.91 Å². The van der Waals surface area contributed by atoms with Crippen LogP contribution in [0.5, 0.6) is 5.75 Å². The van der Waals surface area contributed by atoms with Crippen molar-refractivity contribution in [3.05, 3.63) is 62.2 Å². The van der Waals surface area contributed by atoms with Crippen LogP contribution in [-0.4, -0.2) is 66.6 Å². The van der Waals surface area contributed by atoms with Gasteiger partial charge in [-0.15, -0.1) is 0 Å². The first kappa shape index (κ1) is 32.4. The fourth-order valence-electron chi connectivity index (χ4n) is 3.93. The molecule has 1 fully saturated rings. The number of methoxy groups -OCH3 is 1. The van der Waals surface area contributed by atoms with Crippen LogP contribution in [0.25, 0.3) is 12.0 Å². The van der Waals surface area contributed by atoms with Gasteiger partial charge in [-0.25, -0.2) is 14.2 Å². The van der Waals surface area contributed by atoms with Gasteiger partial charge >= 0.3 is 11.9 Å². The molecule has 0 aliphatic carbocycles. The minimum absolute atomic E-state index is 0.0310. The number of carbonyl (C=O) groups is 1. The number of alkyl halides is 3. The molecule has 3 rings (SSSR count). The highest BCUT2D eigenvalue weighted by Crippen LogP contribution is 2.31. The van der Waals surface area contributed by atoms with Crippen LogP contribution >= 0.6 is 0 Å². The fraction of sp³-hybridized carbons (Fsp3) is 0.481. The second kappa shape index (κ2) is 13.7. The van der Waals surface area contributed by atoms with Crippen LogP contribution in [0.1, 0.15) is 51.2 Å². The first-order valence-corrected chi connectivity index (χ1v) is 12.9. The largest absolute Gasteiger partial charge is 0.496 e. The first-order valence-electron chi connectivity index (χ1n) is 12.9. The zero-order valence-electron chi connectivity index (χ0n) is 23.7. The minimum Gasteiger partial charge on any atom is -0.496 e. The third kappa shape index (κ3) is 8.21. The lowest BCUT2D eigenvalue weighted by Gasteiger charge is -2.26. The fourth-order valence-corrected chi connectivity index (χ4v) is 3.93. The predicted octanol–water partition coefficient (Wildman–Crippen LogP) is 3.50. The summed E-state index contributed by atoms with van der Waals surface area (Å²) in [5.41, 5.74) is -2.51. The normalized spacial score (nSPS) is 15.1. The molecule has 0 unspecified atom stereocenters. The summed E-state index contributed by atoms with van der Waals surface area (Å²) < 4.78 is 71.3. The van der Waals surface area contributed by atoms with E-state index in [0.717, 1.165) is 36.1 Å². The number of hydrogen-bond acceptors (Lipinski definition) is 8. The number of hydrogen-bond donors (Lipinski definition) is 0. The van der Waals surface area contributed by atoms with Crippen molar-refractivity contribution in [3.63, 3.8) is 0 Å². The van der Waals surface area contributed by atoms with Crippen molar-refractivity contribution in [1.82, 2.24) is 9.24 Å². The van der Waals surface area contributed by atoms with Gasteiger partial charge in [-0.3, -0.25) is 14.2 Å². The lowest BCUT2D eigenvalue weighted by atomic mass is 10.1. The second-order valence-electron chi connectivity index (χ2n) is 9.66. The Morgan fingerprint density at radius 1 is 1.21 bits per heavy atom. The number of ether oxygens (including phenoxy) is 3. The maximum atomic E-state index is 14.4. The molecule has 0 N–H and O–H groups in total. The van der Waals surface area contributed by atoms with Crippen LogP contribution in [0, 0.1) is 5.82 Å². The summed E-state index contributed by atoms with van der Waals surface area (Å²) in [6.07, 6.45) is -4.45. The Morgan fingerprint density at radius 2 is 1.88 bits per heavy atom. The van der Waals surface area contributed by atoms with Gasteiger partial charge in [-0.2, -0.15) is 17.8 Å². The summed E-state index contributed by atoms with van der Waals surface area (Å²) in [7, 11) is 2.21. The summed E-state index contributed by atoms with van der Waals surface area (Å²) >= 11 is 0. The number of aromatic nitrogens is 2. The van der Waals surface area contributed by atoms with E-state index in [9.17, 15) is 31.9 Å². The van der Waals surface area contributed by atoms with Crippen LogP contribution < -0.4 is 21.0 Å². The molecule has 0 bridgehead atoms. The average molecular weight is 601 g/mol. The van der Waals surface area contributed by atoms with Gasteiger partial charge in [-0.1, -0.05) is 5.16 Å². The van der Waals surface area contributed by atoms with E-state index in [1.165, 1.54) is 20.1 Å². The molecule has 1 saturated heterocycles. The van der Waals surface area contributed by atoms with Gasteiger partial charge in [0.25, 0.3) is 5.56 Å². The topological polar surface area (TPSA) is 114 Å². The molecule has 1 aromatic heterocycles. The first-order chi connectivity index (χ1) is 19.7. The molecule has 0 spiro atoms. The third-order valence-electron chi connectivity index (χ3n) is 6.04. The quantitative estimate of drug-likeness (QED) is 0.178. The van der Waals surface area contributed by atoms with Gasteiger partial charge < -0.3 is 19.0 Å². The monoisotopic (exact) mass is 600 g/mol. The van der Waals surface area contributed by atoms with Crippen LogP contribution in [0.15, 0.2) is 39.1 Å². The second-order valence-corrected chi connectivity index (χ2v) is 9.66. The van der Waals surface area contributed by atoms with E-state index in [0.29, 0.717) is 26.1 Å². The maximum Gasteiger partial charge on any atom is 0.397 e. The number of rotatable bonds is 10. The molecule has 15 heteroatoms. The van der Waals surface area contributed by atoms with Crippen molar-refractivity contribution in [2.24, 2.45) is 5.16 Å². The Bertz CT molecular complexity index is 1460. The molecule has 1 amide bonds. The van der Waals surface area contributed by atoms with Crippen LogP contribution in [-0.2, 0) is 19.1 Å². The zero-order valence-corrected chi connectivity index (χ0v) is 23.7. The van der Waals surface area contributed by atoms with E-state index >= 15 is 0 Å². The van der Waals surface area contributed by atoms with Crippen LogP contribution in [0.4, 0.5) is 17.6 Å². The highest BCUT2D eigenvalue weighted by molar-refractivity contribution is 5.98. The van der Waals surface area contributed by atoms with Crippen molar-refractivity contribution in [2.45, 2.75) is 58.4 Å². The number of carbonyl (C=O) groups excluding carboxylic acids is 1. The van der Waals surface area contributed by atoms with Crippen LogP contribution in [0.2, 0.25) is 0 Å². The average Bonchev–Trinajstić information content (AvgIpc) is 2.92. The summed E-state index contributed by atoms with van der Waals surface area (Å²) in [4.78, 5) is 44.6. The Kier molecular flexibility index (Phi) is 10.5. The molecule has 0 atom stereocenters. The van der Waals surface area contributed by atoms with Gasteiger partial charge in [0.05, 0.1) is 43.4 Å². The van der Waals surface area contributed by atoms with Gasteiger partial charge in [0, 0.05) is 26.1 Å². The Hall–Kier alpha value is -4.14. The van der Waals surface area contributed by atoms with Gasteiger partial charge in [0.15, 0.2) is 0 Å². The van der Waals surface area contributed by atoms with E-state index in [1.807, 2.05) is 0 Å². The standard InChI is InChI=1S/C27H32F4N4O7/c1-16(2)42-32-17(3)21-14-34(26(38)35(25(21)37)33(4)24(36)13-27(29,30)31)15-23(41-19-8-10-40-11-9-19)20-12-18(28)6-7-22(20)39-5/h6-7,12,14-16,19H,8-11,13H2,1-5H3/b23-15-,32-17+. The third-order valence-corrected chi connectivity index (χ3v) is 6.04. The molecule has 230 valence electrons. The lowest BCUT2D eigenvalue weighted by Crippen LogP contribution is -2.54. The molecular weight excluding hydrogens is 568 g/mol. The van der Waals surface area contributed by atoms with Gasteiger partial charge in [0.1, 0.15) is 36.0 Å². The molecule has 1 aliphatic rings. The van der Waals surface area contributed by atoms with Crippen molar-refractivity contribution >= 4 is 23.6 Å². The zero-order chi connectivity index (χ0) is 31.2. The number of oxime groups is 1. The Morgan fingerprint density at radius 3 is 2.48 bits per heavy atom. The summed E-state index contributed by atoms with van der Waals surface area (Å²) in [5, 5.41) is 4.15. The summed E-state index contributed by atoms with van der Waals surface area (Å²) in [5.74, 6) is -2.06. The maximum absolute atomic E-state index is 14.4. The molecule has 2 aromatic rings. The SMILES string of the molecule is COc1ccc(F)cc1/C(=C/n1cc(/C(C)=N/OC(C)C)c(=O)n(N(C)C(=O)CC(F)(F)F)c1=O)OC1CCOCC1. The van der Waals surface area contributed by atoms with E-state index < -0.39 is 41.7 Å².